The van der Waals surface area contributed by atoms with Crippen LogP contribution in [0.4, 0.5) is 0 Å². The predicted molar refractivity (Wildman–Crippen MR) is 151 cm³/mol. The molecule has 0 radical (unpaired) electrons. The van der Waals surface area contributed by atoms with Gasteiger partial charge in [-0.15, -0.1) is 0 Å². The van der Waals surface area contributed by atoms with Gasteiger partial charge in [0.1, 0.15) is 11.5 Å². The number of benzene rings is 2. The number of hydrazone groups is 2. The molecule has 0 heterocycles. The lowest BCUT2D eigenvalue weighted by Gasteiger charge is -2.11. The molecule has 0 bridgehead atoms. The first kappa shape index (κ1) is 31.7. The summed E-state index contributed by atoms with van der Waals surface area (Å²) >= 11 is 0. The van der Waals surface area contributed by atoms with Crippen LogP contribution in [0.15, 0.2) is 34.5 Å². The summed E-state index contributed by atoms with van der Waals surface area (Å²) in [4.78, 5) is 24.2. The van der Waals surface area contributed by atoms with Crippen LogP contribution in [0, 0.1) is 0 Å². The quantitative estimate of drug-likeness (QED) is 0.170. The molecule has 2 rings (SSSR count). The molecule has 218 valence electrons. The van der Waals surface area contributed by atoms with E-state index in [9.17, 15) is 9.59 Å². The molecule has 0 aliphatic carbocycles. The van der Waals surface area contributed by atoms with Crippen LogP contribution in [-0.2, 0) is 9.59 Å². The molecule has 2 aromatic rings. The van der Waals surface area contributed by atoms with Gasteiger partial charge in [-0.25, -0.2) is 10.9 Å². The number of methoxy groups -OCH3 is 6. The van der Waals surface area contributed by atoms with Gasteiger partial charge in [0.15, 0.2) is 23.0 Å². The summed E-state index contributed by atoms with van der Waals surface area (Å²) in [5, 5.41) is 8.02. The van der Waals surface area contributed by atoms with Crippen molar-refractivity contribution in [1.82, 2.24) is 10.9 Å². The summed E-state index contributed by atoms with van der Waals surface area (Å²) in [5.41, 5.74) is 6.29. The maximum absolute atomic E-state index is 12.1. The lowest BCUT2D eigenvalue weighted by atomic mass is 10.1. The molecule has 12 heteroatoms. The van der Waals surface area contributed by atoms with Crippen molar-refractivity contribution in [2.75, 3.05) is 42.7 Å². The van der Waals surface area contributed by atoms with E-state index < -0.39 is 0 Å². The average Bonchev–Trinajstić information content (AvgIpc) is 2.98. The molecule has 0 spiro atoms. The van der Waals surface area contributed by atoms with Crippen LogP contribution in [0.2, 0.25) is 0 Å². The third kappa shape index (κ3) is 9.68. The maximum Gasteiger partial charge on any atom is 0.240 e. The molecule has 0 aliphatic heterocycles. The third-order valence-corrected chi connectivity index (χ3v) is 5.82. The number of hydrogen-bond donors (Lipinski definition) is 2. The van der Waals surface area contributed by atoms with E-state index in [0.29, 0.717) is 71.3 Å². The van der Waals surface area contributed by atoms with Gasteiger partial charge in [-0.1, -0.05) is 12.8 Å². The Bertz CT molecular complexity index is 1090. The highest BCUT2D eigenvalue weighted by Crippen LogP contribution is 2.34. The number of nitrogens with zero attached hydrogens (tertiary/aromatic N) is 2. The Morgan fingerprint density at radius 2 is 0.875 bits per heavy atom. The van der Waals surface area contributed by atoms with E-state index in [1.807, 2.05) is 0 Å². The molecule has 40 heavy (non-hydrogen) atoms. The second-order valence-electron chi connectivity index (χ2n) is 8.40. The molecule has 0 aliphatic rings. The summed E-state index contributed by atoms with van der Waals surface area (Å²) in [6.07, 6.45) is 6.59. The molecule has 2 amide bonds. The Kier molecular flexibility index (Phi) is 13.6. The zero-order chi connectivity index (χ0) is 29.3. The molecule has 0 saturated heterocycles. The van der Waals surface area contributed by atoms with Gasteiger partial charge in [0.05, 0.1) is 55.1 Å². The van der Waals surface area contributed by atoms with Crippen molar-refractivity contribution in [3.05, 3.63) is 35.4 Å². The van der Waals surface area contributed by atoms with E-state index in [0.717, 1.165) is 12.8 Å². The Hall–Kier alpha value is -4.48. The number of carbonyl (C=O) groups excluding carboxylic acids is 2. The Morgan fingerprint density at radius 3 is 1.20 bits per heavy atom. The topological polar surface area (TPSA) is 138 Å². The number of rotatable bonds is 17. The molecule has 0 atom stereocenters. The van der Waals surface area contributed by atoms with Crippen LogP contribution in [-0.4, -0.2) is 66.9 Å². The van der Waals surface area contributed by atoms with Crippen molar-refractivity contribution >= 4 is 24.2 Å². The Balaban J connectivity index is 1.68. The highest BCUT2D eigenvalue weighted by Gasteiger charge is 2.12. The fourth-order valence-electron chi connectivity index (χ4n) is 3.69. The molecular formula is C28H38N4O8. The summed E-state index contributed by atoms with van der Waals surface area (Å²) < 4.78 is 31.8. The molecule has 0 aromatic heterocycles. The van der Waals surface area contributed by atoms with Gasteiger partial charge >= 0.3 is 0 Å². The van der Waals surface area contributed by atoms with Crippen molar-refractivity contribution < 1.29 is 38.0 Å². The molecular weight excluding hydrogens is 520 g/mol. The van der Waals surface area contributed by atoms with Gasteiger partial charge in [0.2, 0.25) is 11.8 Å². The number of unbranched alkanes of at least 4 members (excludes halogenated alkanes) is 3. The van der Waals surface area contributed by atoms with E-state index in [2.05, 4.69) is 21.1 Å². The van der Waals surface area contributed by atoms with Gasteiger partial charge in [0.25, 0.3) is 0 Å². The van der Waals surface area contributed by atoms with Gasteiger partial charge in [-0.2, -0.15) is 10.2 Å². The Labute approximate surface area is 234 Å². The zero-order valence-electron chi connectivity index (χ0n) is 23.9. The Morgan fingerprint density at radius 1 is 0.550 bits per heavy atom. The van der Waals surface area contributed by atoms with Crippen LogP contribution >= 0.6 is 0 Å². The van der Waals surface area contributed by atoms with Gasteiger partial charge in [-0.3, -0.25) is 9.59 Å². The van der Waals surface area contributed by atoms with Crippen LogP contribution < -0.4 is 39.3 Å². The predicted octanol–water partition coefficient (Wildman–Crippen LogP) is 3.68. The van der Waals surface area contributed by atoms with Crippen molar-refractivity contribution in [2.45, 2.75) is 38.5 Å². The normalized spacial score (nSPS) is 10.8. The third-order valence-electron chi connectivity index (χ3n) is 5.82. The molecule has 0 fully saturated rings. The second kappa shape index (κ2) is 17.2. The number of hydrogen-bond acceptors (Lipinski definition) is 10. The summed E-state index contributed by atoms with van der Waals surface area (Å²) in [6.45, 7) is 0. The minimum absolute atomic E-state index is 0.201. The first-order chi connectivity index (χ1) is 19.4. The van der Waals surface area contributed by atoms with E-state index in [-0.39, 0.29) is 11.8 Å². The summed E-state index contributed by atoms with van der Waals surface area (Å²) in [7, 11) is 9.21. The van der Waals surface area contributed by atoms with E-state index >= 15 is 0 Å². The lowest BCUT2D eigenvalue weighted by Crippen LogP contribution is -2.17. The number of carbonyl (C=O) groups is 2. The van der Waals surface area contributed by atoms with Crippen molar-refractivity contribution in [2.24, 2.45) is 10.2 Å². The first-order valence-corrected chi connectivity index (χ1v) is 12.6. The fourth-order valence-corrected chi connectivity index (χ4v) is 3.69. The SMILES string of the molecule is COc1cc(OC)c(OC)cc1C=NNC(=O)CCCCCCC(=O)NN=Cc1cc(OC)c(OC)cc1OC. The first-order valence-electron chi connectivity index (χ1n) is 12.6. The highest BCUT2D eigenvalue weighted by atomic mass is 16.5. The lowest BCUT2D eigenvalue weighted by molar-refractivity contribution is -0.122. The van der Waals surface area contributed by atoms with Crippen LogP contribution in [0.1, 0.15) is 49.7 Å². The molecule has 2 aromatic carbocycles. The zero-order valence-corrected chi connectivity index (χ0v) is 23.9. The molecule has 12 nitrogen and oxygen atoms in total. The summed E-state index contributed by atoms with van der Waals surface area (Å²) in [6, 6.07) is 6.79. The van der Waals surface area contributed by atoms with E-state index in [1.165, 1.54) is 55.1 Å². The van der Waals surface area contributed by atoms with Crippen LogP contribution in [0.5, 0.6) is 34.5 Å². The van der Waals surface area contributed by atoms with E-state index in [4.69, 9.17) is 28.4 Å². The van der Waals surface area contributed by atoms with Crippen LogP contribution in [0.3, 0.4) is 0 Å². The van der Waals surface area contributed by atoms with Crippen molar-refractivity contribution in [3.8, 4) is 34.5 Å². The maximum atomic E-state index is 12.1. The second-order valence-corrected chi connectivity index (χ2v) is 8.40. The standard InChI is InChI=1S/C28H38N4O8/c1-35-21-15-25(39-5)23(37-3)13-19(21)17-29-31-27(33)11-9-7-8-10-12-28(34)32-30-18-20-14-24(38-4)26(40-6)16-22(20)36-2/h13-18H,7-12H2,1-6H3,(H,31,33)(H,32,34). The molecule has 0 saturated carbocycles. The smallest absolute Gasteiger partial charge is 0.240 e. The summed E-state index contributed by atoms with van der Waals surface area (Å²) in [5.74, 6) is 2.77. The number of amides is 2. The van der Waals surface area contributed by atoms with E-state index in [1.54, 1.807) is 24.3 Å². The number of nitrogens with one attached hydrogen (secondary N) is 2. The minimum atomic E-state index is -0.201. The monoisotopic (exact) mass is 558 g/mol. The van der Waals surface area contributed by atoms with Gasteiger partial charge in [0, 0.05) is 36.1 Å². The van der Waals surface area contributed by atoms with Crippen molar-refractivity contribution in [1.29, 1.82) is 0 Å². The van der Waals surface area contributed by atoms with Crippen LogP contribution in [0.25, 0.3) is 0 Å². The van der Waals surface area contributed by atoms with Crippen molar-refractivity contribution in [3.63, 3.8) is 0 Å². The average molecular weight is 559 g/mol. The largest absolute Gasteiger partial charge is 0.496 e. The van der Waals surface area contributed by atoms with Gasteiger partial charge in [-0.05, 0) is 25.0 Å². The molecule has 0 unspecified atom stereocenters. The number of ether oxygens (including phenoxy) is 6. The minimum Gasteiger partial charge on any atom is -0.496 e. The van der Waals surface area contributed by atoms with Gasteiger partial charge < -0.3 is 28.4 Å². The highest BCUT2D eigenvalue weighted by molar-refractivity contribution is 5.87. The molecule has 2 N–H and O–H groups in total. The fraction of sp³-hybridized carbons (Fsp3) is 0.429.